The molecule has 3 aliphatic heterocycles. The molecule has 35 heavy (non-hydrogen) atoms. The number of amides is 2. The Hall–Kier alpha value is -3.21. The van der Waals surface area contributed by atoms with Crippen molar-refractivity contribution in [1.82, 2.24) is 14.7 Å². The van der Waals surface area contributed by atoms with Crippen molar-refractivity contribution in [2.24, 2.45) is 11.7 Å². The summed E-state index contributed by atoms with van der Waals surface area (Å²) in [6, 6.07) is 18.1. The average molecular weight is 468 g/mol. The monoisotopic (exact) mass is 467 g/mol. The van der Waals surface area contributed by atoms with Gasteiger partial charge in [0.2, 0.25) is 11.8 Å². The van der Waals surface area contributed by atoms with E-state index in [0.29, 0.717) is 12.5 Å². The van der Waals surface area contributed by atoms with E-state index in [0.717, 1.165) is 32.2 Å². The van der Waals surface area contributed by atoms with Crippen molar-refractivity contribution in [2.75, 3.05) is 13.1 Å². The van der Waals surface area contributed by atoms with Gasteiger partial charge < -0.3 is 15.5 Å². The maximum atomic E-state index is 13.8. The number of hydrogen-bond donors (Lipinski definition) is 1. The van der Waals surface area contributed by atoms with Crippen LogP contribution in [0.15, 0.2) is 48.5 Å². The second-order valence-corrected chi connectivity index (χ2v) is 10.9. The van der Waals surface area contributed by atoms with Gasteiger partial charge >= 0.3 is 0 Å². The van der Waals surface area contributed by atoms with Gasteiger partial charge in [0.05, 0.1) is 24.2 Å². The number of carbonyl (C=O) groups excluding carboxylic acids is 2. The SMILES string of the molecule is N#C[C@@H]1C[C@@H]2CC2N1C(=O)[C@@H](N)CN1C[C@H]2C[C@@H]1C(=O)N2C1c2ccccc2Cc2ccccc21. The first kappa shape index (κ1) is 21.1. The van der Waals surface area contributed by atoms with E-state index in [4.69, 9.17) is 5.73 Å². The van der Waals surface area contributed by atoms with Gasteiger partial charge in [0.25, 0.3) is 0 Å². The first-order valence-corrected chi connectivity index (χ1v) is 12.7. The highest BCUT2D eigenvalue weighted by Crippen LogP contribution is 2.48. The van der Waals surface area contributed by atoms with Crippen molar-refractivity contribution in [1.29, 1.82) is 5.26 Å². The molecule has 0 spiro atoms. The zero-order chi connectivity index (χ0) is 23.8. The van der Waals surface area contributed by atoms with E-state index >= 15 is 0 Å². The third kappa shape index (κ3) is 3.10. The van der Waals surface area contributed by atoms with E-state index in [9.17, 15) is 14.9 Å². The van der Waals surface area contributed by atoms with Crippen molar-refractivity contribution in [3.8, 4) is 6.07 Å². The van der Waals surface area contributed by atoms with Crippen LogP contribution in [-0.2, 0) is 16.0 Å². The van der Waals surface area contributed by atoms with E-state index in [-0.39, 0.29) is 42.0 Å². The molecule has 7 nitrogen and oxygen atoms in total. The summed E-state index contributed by atoms with van der Waals surface area (Å²) in [6.07, 6.45) is 3.43. The number of nitrogens with zero attached hydrogens (tertiary/aromatic N) is 4. The van der Waals surface area contributed by atoms with Crippen LogP contribution < -0.4 is 5.73 Å². The number of fused-ring (bicyclic) bond motifs is 5. The lowest BCUT2D eigenvalue weighted by Crippen LogP contribution is -2.57. The number of likely N-dealkylation sites (tertiary alicyclic amines) is 3. The summed E-state index contributed by atoms with van der Waals surface area (Å²) in [7, 11) is 0. The van der Waals surface area contributed by atoms with Gasteiger partial charge in [-0.15, -0.1) is 0 Å². The molecule has 178 valence electrons. The maximum Gasteiger partial charge on any atom is 0.242 e. The second kappa shape index (κ2) is 7.64. The van der Waals surface area contributed by atoms with E-state index in [1.165, 1.54) is 22.3 Å². The highest BCUT2D eigenvalue weighted by Gasteiger charge is 2.56. The second-order valence-electron chi connectivity index (χ2n) is 10.9. The molecule has 0 radical (unpaired) electrons. The minimum Gasteiger partial charge on any atom is -0.326 e. The lowest BCUT2D eigenvalue weighted by atomic mass is 9.81. The zero-order valence-corrected chi connectivity index (χ0v) is 19.6. The van der Waals surface area contributed by atoms with Gasteiger partial charge in [0, 0.05) is 25.2 Å². The highest BCUT2D eigenvalue weighted by atomic mass is 16.2. The quantitative estimate of drug-likeness (QED) is 0.740. The minimum absolute atomic E-state index is 0.0658. The number of nitrogens with two attached hydrogens (primary N) is 1. The number of benzene rings is 2. The lowest BCUT2D eigenvalue weighted by molar-refractivity contribution is -0.140. The molecule has 3 saturated heterocycles. The normalized spacial score (nSPS) is 31.7. The Balaban J connectivity index is 1.11. The van der Waals surface area contributed by atoms with Crippen LogP contribution in [0.3, 0.4) is 0 Å². The summed E-state index contributed by atoms with van der Waals surface area (Å²) < 4.78 is 0. The van der Waals surface area contributed by atoms with Gasteiger partial charge in [0.15, 0.2) is 0 Å². The molecule has 1 unspecified atom stereocenters. The zero-order valence-electron chi connectivity index (χ0n) is 19.6. The molecule has 2 aliphatic carbocycles. The molecule has 7 rings (SSSR count). The van der Waals surface area contributed by atoms with E-state index in [1.807, 2.05) is 0 Å². The first-order valence-electron chi connectivity index (χ1n) is 12.7. The predicted molar refractivity (Wildman–Crippen MR) is 129 cm³/mol. The fourth-order valence-electron chi connectivity index (χ4n) is 7.24. The molecule has 2 aromatic carbocycles. The Morgan fingerprint density at radius 2 is 1.74 bits per heavy atom. The molecule has 2 bridgehead atoms. The van der Waals surface area contributed by atoms with Crippen molar-refractivity contribution < 1.29 is 9.59 Å². The van der Waals surface area contributed by atoms with Gasteiger partial charge in [-0.25, -0.2) is 0 Å². The molecule has 2 N–H and O–H groups in total. The molecule has 5 aliphatic rings. The molecular weight excluding hydrogens is 438 g/mol. The third-order valence-corrected chi connectivity index (χ3v) is 8.93. The molecular formula is C28H29N5O2. The molecule has 2 aromatic rings. The summed E-state index contributed by atoms with van der Waals surface area (Å²) in [4.78, 5) is 32.8. The number of rotatable bonds is 4. The number of carbonyl (C=O) groups is 2. The van der Waals surface area contributed by atoms with Crippen molar-refractivity contribution >= 4 is 11.8 Å². The molecule has 3 heterocycles. The number of piperazine rings is 1. The topological polar surface area (TPSA) is 93.7 Å². The first-order chi connectivity index (χ1) is 17.0. The van der Waals surface area contributed by atoms with Crippen LogP contribution in [0.25, 0.3) is 0 Å². The van der Waals surface area contributed by atoms with E-state index < -0.39 is 6.04 Å². The minimum atomic E-state index is -0.707. The number of hydrogen-bond acceptors (Lipinski definition) is 5. The van der Waals surface area contributed by atoms with Gasteiger partial charge in [-0.1, -0.05) is 48.5 Å². The largest absolute Gasteiger partial charge is 0.326 e. The smallest absolute Gasteiger partial charge is 0.242 e. The molecule has 1 saturated carbocycles. The summed E-state index contributed by atoms with van der Waals surface area (Å²) in [5, 5.41) is 9.46. The van der Waals surface area contributed by atoms with Gasteiger partial charge in [0.1, 0.15) is 6.04 Å². The third-order valence-electron chi connectivity index (χ3n) is 8.93. The standard InChI is InChI=1S/C28H29N5O2/c29-13-19-10-18-11-24(18)32(19)27(34)23(30)15-31-14-20-12-25(31)28(35)33(20)26-21-7-3-1-5-16(21)9-17-6-2-4-8-22(17)26/h1-8,18-20,23-26H,9-12,14-15,30H2/t18-,19+,20-,23+,24?,25-/m1/s1. The molecule has 7 heteroatoms. The Morgan fingerprint density at radius 3 is 2.40 bits per heavy atom. The Labute approximate surface area is 205 Å². The Morgan fingerprint density at radius 1 is 1.06 bits per heavy atom. The highest BCUT2D eigenvalue weighted by molar-refractivity contribution is 5.88. The van der Waals surface area contributed by atoms with Crippen LogP contribution in [0.1, 0.15) is 47.6 Å². The van der Waals surface area contributed by atoms with Crippen molar-refractivity contribution in [3.05, 3.63) is 70.8 Å². The van der Waals surface area contributed by atoms with Crippen LogP contribution in [0, 0.1) is 17.2 Å². The van der Waals surface area contributed by atoms with E-state index in [1.54, 1.807) is 4.90 Å². The molecule has 0 aromatic heterocycles. The lowest BCUT2D eigenvalue weighted by Gasteiger charge is -2.42. The van der Waals surface area contributed by atoms with Gasteiger partial charge in [-0.2, -0.15) is 5.26 Å². The fraction of sp³-hybridized carbons (Fsp3) is 0.464. The maximum absolute atomic E-state index is 13.8. The van der Waals surface area contributed by atoms with Crippen LogP contribution in [0.2, 0.25) is 0 Å². The fourth-order valence-corrected chi connectivity index (χ4v) is 7.24. The summed E-state index contributed by atoms with van der Waals surface area (Å²) in [5.41, 5.74) is 11.4. The van der Waals surface area contributed by atoms with Gasteiger partial charge in [-0.3, -0.25) is 14.5 Å². The van der Waals surface area contributed by atoms with Crippen LogP contribution >= 0.6 is 0 Å². The number of nitriles is 1. The van der Waals surface area contributed by atoms with Crippen LogP contribution in [0.5, 0.6) is 0 Å². The Bertz CT molecular complexity index is 1220. The van der Waals surface area contributed by atoms with Crippen molar-refractivity contribution in [3.63, 3.8) is 0 Å². The molecule has 4 fully saturated rings. The summed E-state index contributed by atoms with van der Waals surface area (Å²) in [6.45, 7) is 1.09. The van der Waals surface area contributed by atoms with Crippen LogP contribution in [-0.4, -0.2) is 69.8 Å². The molecule has 2 amide bonds. The predicted octanol–water partition coefficient (Wildman–Crippen LogP) is 1.81. The average Bonchev–Trinajstić information content (AvgIpc) is 3.19. The van der Waals surface area contributed by atoms with Crippen molar-refractivity contribution in [2.45, 2.75) is 61.9 Å². The number of piperidine rings is 1. The summed E-state index contributed by atoms with van der Waals surface area (Å²) >= 11 is 0. The van der Waals surface area contributed by atoms with Crippen LogP contribution in [0.4, 0.5) is 0 Å². The van der Waals surface area contributed by atoms with E-state index in [2.05, 4.69) is 64.4 Å². The molecule has 6 atom stereocenters. The Kier molecular flexibility index (Phi) is 4.61. The summed E-state index contributed by atoms with van der Waals surface area (Å²) in [5.74, 6) is 0.467. The van der Waals surface area contributed by atoms with Gasteiger partial charge in [-0.05, 0) is 53.9 Å².